The predicted molar refractivity (Wildman–Crippen MR) is 70.0 cm³/mol. The van der Waals surface area contributed by atoms with Gasteiger partial charge in [-0.3, -0.25) is 0 Å². The lowest BCUT2D eigenvalue weighted by Gasteiger charge is -2.00. The minimum Gasteiger partial charge on any atom is -0.347 e. The molecule has 0 atom stereocenters. The number of nitrogens with one attached hydrogen (secondary N) is 1. The Balaban J connectivity index is 2.50. The summed E-state index contributed by atoms with van der Waals surface area (Å²) in [6, 6.07) is 6.10. The third kappa shape index (κ3) is 2.08. The summed E-state index contributed by atoms with van der Waals surface area (Å²) >= 11 is 6.03. The van der Waals surface area contributed by atoms with E-state index in [1.807, 2.05) is 12.1 Å². The van der Waals surface area contributed by atoms with Crippen LogP contribution in [0.5, 0.6) is 0 Å². The number of aromatic nitrogens is 1. The summed E-state index contributed by atoms with van der Waals surface area (Å²) in [5, 5.41) is 5.46. The van der Waals surface area contributed by atoms with E-state index in [9.17, 15) is 0 Å². The molecule has 0 aliphatic heterocycles. The molecule has 16 heavy (non-hydrogen) atoms. The molecule has 2 rings (SSSR count). The highest BCUT2D eigenvalue weighted by atomic mass is 35.5. The van der Waals surface area contributed by atoms with Crippen LogP contribution in [-0.2, 0) is 13.1 Å². The standard InChI is InChI=1S/C13H17ClN2/c1-3-15-8-10-9-16(4-2)13-7-11(14)5-6-12(10)13/h5-7,9,15H,3-4,8H2,1-2H3. The van der Waals surface area contributed by atoms with Gasteiger partial charge in [-0.2, -0.15) is 0 Å². The molecule has 0 unspecified atom stereocenters. The largest absolute Gasteiger partial charge is 0.347 e. The smallest absolute Gasteiger partial charge is 0.0498 e. The van der Waals surface area contributed by atoms with E-state index in [0.29, 0.717) is 0 Å². The second-order valence-corrected chi connectivity index (χ2v) is 4.32. The second kappa shape index (κ2) is 4.89. The fourth-order valence-electron chi connectivity index (χ4n) is 2.00. The van der Waals surface area contributed by atoms with Crippen LogP contribution in [0.4, 0.5) is 0 Å². The quantitative estimate of drug-likeness (QED) is 0.861. The van der Waals surface area contributed by atoms with Crippen molar-refractivity contribution in [2.24, 2.45) is 0 Å². The minimum absolute atomic E-state index is 0.801. The number of fused-ring (bicyclic) bond motifs is 1. The Hall–Kier alpha value is -0.990. The number of hydrogen-bond acceptors (Lipinski definition) is 1. The number of halogens is 1. The molecule has 86 valence electrons. The summed E-state index contributed by atoms with van der Waals surface area (Å²) in [5.74, 6) is 0. The van der Waals surface area contributed by atoms with Gasteiger partial charge in [-0.25, -0.2) is 0 Å². The molecule has 0 bridgehead atoms. The van der Waals surface area contributed by atoms with Crippen LogP contribution in [0.15, 0.2) is 24.4 Å². The monoisotopic (exact) mass is 236 g/mol. The first-order valence-electron chi connectivity index (χ1n) is 5.74. The fourth-order valence-corrected chi connectivity index (χ4v) is 2.17. The molecule has 1 aromatic carbocycles. The fraction of sp³-hybridized carbons (Fsp3) is 0.385. The van der Waals surface area contributed by atoms with Gasteiger partial charge in [0.25, 0.3) is 0 Å². The molecular formula is C13H17ClN2. The molecule has 0 aliphatic rings. The highest BCUT2D eigenvalue weighted by Crippen LogP contribution is 2.24. The molecule has 2 aromatic rings. The van der Waals surface area contributed by atoms with Crippen molar-refractivity contribution in [2.75, 3.05) is 6.54 Å². The van der Waals surface area contributed by atoms with Crippen molar-refractivity contribution in [1.29, 1.82) is 0 Å². The van der Waals surface area contributed by atoms with Gasteiger partial charge in [0, 0.05) is 35.2 Å². The van der Waals surface area contributed by atoms with E-state index in [1.165, 1.54) is 16.5 Å². The topological polar surface area (TPSA) is 17.0 Å². The number of nitrogens with zero attached hydrogens (tertiary/aromatic N) is 1. The van der Waals surface area contributed by atoms with Crippen LogP contribution in [-0.4, -0.2) is 11.1 Å². The lowest BCUT2D eigenvalue weighted by molar-refractivity contribution is 0.721. The Kier molecular flexibility index (Phi) is 3.52. The summed E-state index contributed by atoms with van der Waals surface area (Å²) in [7, 11) is 0. The lowest BCUT2D eigenvalue weighted by atomic mass is 10.2. The van der Waals surface area contributed by atoms with Crippen molar-refractivity contribution < 1.29 is 0 Å². The lowest BCUT2D eigenvalue weighted by Crippen LogP contribution is -2.11. The summed E-state index contributed by atoms with van der Waals surface area (Å²) < 4.78 is 2.24. The Morgan fingerprint density at radius 1 is 1.31 bits per heavy atom. The van der Waals surface area contributed by atoms with Crippen molar-refractivity contribution in [3.8, 4) is 0 Å². The Labute approximate surface area is 101 Å². The number of benzene rings is 1. The molecule has 0 fully saturated rings. The van der Waals surface area contributed by atoms with Crippen molar-refractivity contribution in [2.45, 2.75) is 26.9 Å². The zero-order valence-corrected chi connectivity index (χ0v) is 10.5. The van der Waals surface area contributed by atoms with E-state index < -0.39 is 0 Å². The van der Waals surface area contributed by atoms with Crippen LogP contribution < -0.4 is 5.32 Å². The maximum Gasteiger partial charge on any atom is 0.0498 e. The summed E-state index contributed by atoms with van der Waals surface area (Å²) in [4.78, 5) is 0. The average Bonchev–Trinajstić information content (AvgIpc) is 2.63. The first-order valence-corrected chi connectivity index (χ1v) is 6.12. The first-order chi connectivity index (χ1) is 7.76. The highest BCUT2D eigenvalue weighted by Gasteiger charge is 2.07. The van der Waals surface area contributed by atoms with E-state index in [-0.39, 0.29) is 0 Å². The predicted octanol–water partition coefficient (Wildman–Crippen LogP) is 3.42. The third-order valence-corrected chi connectivity index (χ3v) is 3.07. The van der Waals surface area contributed by atoms with Gasteiger partial charge >= 0.3 is 0 Å². The van der Waals surface area contributed by atoms with E-state index >= 15 is 0 Å². The van der Waals surface area contributed by atoms with Gasteiger partial charge in [-0.1, -0.05) is 24.6 Å². The molecule has 0 saturated carbocycles. The normalized spacial score (nSPS) is 11.2. The summed E-state index contributed by atoms with van der Waals surface area (Å²) in [6.07, 6.45) is 2.21. The van der Waals surface area contributed by atoms with E-state index in [1.54, 1.807) is 0 Å². The molecule has 0 aliphatic carbocycles. The molecule has 1 N–H and O–H groups in total. The molecule has 0 saturated heterocycles. The van der Waals surface area contributed by atoms with Gasteiger partial charge in [0.2, 0.25) is 0 Å². The Bertz CT molecular complexity index is 488. The van der Waals surface area contributed by atoms with Crippen LogP contribution in [0.1, 0.15) is 19.4 Å². The number of rotatable bonds is 4. The first kappa shape index (κ1) is 11.5. The van der Waals surface area contributed by atoms with Crippen molar-refractivity contribution in [1.82, 2.24) is 9.88 Å². The number of hydrogen-bond donors (Lipinski definition) is 1. The van der Waals surface area contributed by atoms with Gasteiger partial charge in [-0.05, 0) is 31.2 Å². The molecule has 3 heteroatoms. The van der Waals surface area contributed by atoms with Crippen molar-refractivity contribution >= 4 is 22.5 Å². The molecule has 1 aromatic heterocycles. The molecule has 2 nitrogen and oxygen atoms in total. The van der Waals surface area contributed by atoms with Crippen LogP contribution >= 0.6 is 11.6 Å². The molecule has 0 amide bonds. The van der Waals surface area contributed by atoms with E-state index in [0.717, 1.165) is 24.7 Å². The van der Waals surface area contributed by atoms with Crippen molar-refractivity contribution in [3.05, 3.63) is 35.0 Å². The highest BCUT2D eigenvalue weighted by molar-refractivity contribution is 6.31. The summed E-state index contributed by atoms with van der Waals surface area (Å²) in [6.45, 7) is 7.16. The summed E-state index contributed by atoms with van der Waals surface area (Å²) in [5.41, 5.74) is 2.57. The molecule has 0 radical (unpaired) electrons. The van der Waals surface area contributed by atoms with E-state index in [2.05, 4.69) is 36.0 Å². The van der Waals surface area contributed by atoms with Crippen LogP contribution in [0.3, 0.4) is 0 Å². The molecular weight excluding hydrogens is 220 g/mol. The van der Waals surface area contributed by atoms with Crippen molar-refractivity contribution in [3.63, 3.8) is 0 Å². The van der Waals surface area contributed by atoms with Crippen LogP contribution in [0, 0.1) is 0 Å². The zero-order valence-electron chi connectivity index (χ0n) is 9.76. The molecule has 1 heterocycles. The van der Waals surface area contributed by atoms with Gasteiger partial charge in [0.15, 0.2) is 0 Å². The van der Waals surface area contributed by atoms with Gasteiger partial charge in [0.1, 0.15) is 0 Å². The van der Waals surface area contributed by atoms with Gasteiger partial charge < -0.3 is 9.88 Å². The Morgan fingerprint density at radius 3 is 2.81 bits per heavy atom. The van der Waals surface area contributed by atoms with Crippen LogP contribution in [0.25, 0.3) is 10.9 Å². The maximum atomic E-state index is 6.03. The van der Waals surface area contributed by atoms with Gasteiger partial charge in [-0.15, -0.1) is 0 Å². The maximum absolute atomic E-state index is 6.03. The average molecular weight is 237 g/mol. The SMILES string of the molecule is CCNCc1cn(CC)c2cc(Cl)ccc12. The van der Waals surface area contributed by atoms with E-state index in [4.69, 9.17) is 11.6 Å². The van der Waals surface area contributed by atoms with Crippen LogP contribution in [0.2, 0.25) is 5.02 Å². The minimum atomic E-state index is 0.801. The third-order valence-electron chi connectivity index (χ3n) is 2.83. The number of aryl methyl sites for hydroxylation is 1. The second-order valence-electron chi connectivity index (χ2n) is 3.88. The van der Waals surface area contributed by atoms with Gasteiger partial charge in [0.05, 0.1) is 0 Å². The Morgan fingerprint density at radius 2 is 2.12 bits per heavy atom. The zero-order chi connectivity index (χ0) is 11.5. The molecule has 0 spiro atoms.